The van der Waals surface area contributed by atoms with Gasteiger partial charge >= 0.3 is 0 Å². The van der Waals surface area contributed by atoms with Crippen LogP contribution in [0.3, 0.4) is 0 Å². The van der Waals surface area contributed by atoms with Gasteiger partial charge in [-0.2, -0.15) is 5.10 Å². The lowest BCUT2D eigenvalue weighted by Crippen LogP contribution is -2.31. The van der Waals surface area contributed by atoms with E-state index in [1.54, 1.807) is 13.8 Å². The van der Waals surface area contributed by atoms with Crippen LogP contribution in [-0.4, -0.2) is 24.1 Å². The second-order valence-electron chi connectivity index (χ2n) is 5.88. The summed E-state index contributed by atoms with van der Waals surface area (Å²) in [5, 5.41) is 4.51. The van der Waals surface area contributed by atoms with E-state index in [2.05, 4.69) is 5.10 Å². The van der Waals surface area contributed by atoms with Crippen molar-refractivity contribution in [1.82, 2.24) is 14.5 Å². The van der Waals surface area contributed by atoms with E-state index >= 15 is 0 Å². The minimum atomic E-state index is -4.07. The third-order valence-corrected chi connectivity index (χ3v) is 5.75. The first-order chi connectivity index (χ1) is 12.7. The highest BCUT2D eigenvalue weighted by molar-refractivity contribution is 7.90. The van der Waals surface area contributed by atoms with Crippen molar-refractivity contribution in [3.63, 3.8) is 0 Å². The zero-order valence-electron chi connectivity index (χ0n) is 14.4. The van der Waals surface area contributed by atoms with Gasteiger partial charge < -0.3 is 0 Å². The number of nitrogens with zero attached hydrogens (tertiary/aromatic N) is 2. The number of carbonyl (C=O) groups is 1. The molecule has 0 aliphatic rings. The van der Waals surface area contributed by atoms with Crippen LogP contribution in [0.5, 0.6) is 0 Å². The maximum Gasteiger partial charge on any atom is 0.268 e. The molecular formula is C18H15ClFN3O3S. The van der Waals surface area contributed by atoms with Gasteiger partial charge in [-0.3, -0.25) is 4.79 Å². The van der Waals surface area contributed by atoms with Crippen LogP contribution in [0.4, 0.5) is 4.39 Å². The first-order valence-electron chi connectivity index (χ1n) is 7.83. The molecule has 3 rings (SSSR count). The summed E-state index contributed by atoms with van der Waals surface area (Å²) in [7, 11) is -4.07. The predicted molar refractivity (Wildman–Crippen MR) is 99.1 cm³/mol. The molecule has 0 spiro atoms. The van der Waals surface area contributed by atoms with Crippen LogP contribution in [0.1, 0.15) is 21.6 Å². The van der Waals surface area contributed by atoms with Crippen LogP contribution in [0, 0.1) is 19.7 Å². The molecule has 9 heteroatoms. The maximum atomic E-state index is 13.1. The van der Waals surface area contributed by atoms with E-state index in [1.165, 1.54) is 53.3 Å². The standard InChI is InChI=1S/C18H15ClFN3O3S/c1-11-9-15(7-8-17(11)19)27(25,26)22-18(24)16-10-21-23(12(16)2)14-5-3-13(20)4-6-14/h3-10H,1-2H3,(H,22,24). The fourth-order valence-corrected chi connectivity index (χ4v) is 3.66. The largest absolute Gasteiger partial charge is 0.268 e. The molecule has 1 aromatic heterocycles. The van der Waals surface area contributed by atoms with Gasteiger partial charge in [-0.1, -0.05) is 11.6 Å². The zero-order valence-corrected chi connectivity index (χ0v) is 16.0. The van der Waals surface area contributed by atoms with E-state index in [0.717, 1.165) is 0 Å². The number of sulfonamides is 1. The number of rotatable bonds is 4. The summed E-state index contributed by atoms with van der Waals surface area (Å²) in [4.78, 5) is 12.4. The van der Waals surface area contributed by atoms with E-state index < -0.39 is 21.7 Å². The number of hydrogen-bond acceptors (Lipinski definition) is 4. The minimum absolute atomic E-state index is 0.0682. The summed E-state index contributed by atoms with van der Waals surface area (Å²) < 4.78 is 41.4. The topological polar surface area (TPSA) is 81.1 Å². The molecule has 0 saturated carbocycles. The first kappa shape index (κ1) is 19.1. The quantitative estimate of drug-likeness (QED) is 0.718. The average Bonchev–Trinajstić information content (AvgIpc) is 2.99. The molecule has 27 heavy (non-hydrogen) atoms. The van der Waals surface area contributed by atoms with Crippen molar-refractivity contribution in [3.8, 4) is 5.69 Å². The SMILES string of the molecule is Cc1cc(S(=O)(=O)NC(=O)c2cnn(-c3ccc(F)cc3)c2C)ccc1Cl. The Hall–Kier alpha value is -2.71. The third-order valence-electron chi connectivity index (χ3n) is 3.99. The molecule has 0 bridgehead atoms. The van der Waals surface area contributed by atoms with Gasteiger partial charge in [-0.05, 0) is 61.9 Å². The van der Waals surface area contributed by atoms with Crippen LogP contribution in [-0.2, 0) is 10.0 Å². The van der Waals surface area contributed by atoms with Crippen molar-refractivity contribution in [3.05, 3.63) is 76.3 Å². The minimum Gasteiger partial charge on any atom is -0.268 e. The molecule has 0 radical (unpaired) electrons. The number of aromatic nitrogens is 2. The highest BCUT2D eigenvalue weighted by Crippen LogP contribution is 2.20. The van der Waals surface area contributed by atoms with Gasteiger partial charge in [0.2, 0.25) is 0 Å². The molecule has 0 saturated heterocycles. The van der Waals surface area contributed by atoms with Crippen LogP contribution in [0.2, 0.25) is 5.02 Å². The highest BCUT2D eigenvalue weighted by Gasteiger charge is 2.22. The molecule has 1 amide bonds. The molecule has 0 unspecified atom stereocenters. The van der Waals surface area contributed by atoms with Gasteiger partial charge in [-0.25, -0.2) is 22.2 Å². The van der Waals surface area contributed by atoms with Gasteiger partial charge in [0.25, 0.3) is 15.9 Å². The molecule has 0 aliphatic carbocycles. The Balaban J connectivity index is 1.88. The Labute approximate surface area is 160 Å². The lowest BCUT2D eigenvalue weighted by Gasteiger charge is -2.09. The van der Waals surface area contributed by atoms with Crippen molar-refractivity contribution in [2.24, 2.45) is 0 Å². The van der Waals surface area contributed by atoms with Gasteiger partial charge in [0.1, 0.15) is 5.82 Å². The lowest BCUT2D eigenvalue weighted by atomic mass is 10.2. The molecule has 3 aromatic rings. The van der Waals surface area contributed by atoms with Crippen LogP contribution in [0.15, 0.2) is 53.6 Å². The Morgan fingerprint density at radius 1 is 1.15 bits per heavy atom. The van der Waals surface area contributed by atoms with Gasteiger partial charge in [0.05, 0.1) is 28.0 Å². The normalized spacial score (nSPS) is 11.4. The monoisotopic (exact) mass is 407 g/mol. The first-order valence-corrected chi connectivity index (χ1v) is 9.69. The second kappa shape index (κ2) is 7.13. The average molecular weight is 408 g/mol. The summed E-state index contributed by atoms with van der Waals surface area (Å²) in [5.41, 5.74) is 1.63. The van der Waals surface area contributed by atoms with Gasteiger partial charge in [0.15, 0.2) is 0 Å². The van der Waals surface area contributed by atoms with E-state index in [1.807, 2.05) is 4.72 Å². The Morgan fingerprint density at radius 3 is 2.44 bits per heavy atom. The van der Waals surface area contributed by atoms with Crippen LogP contribution in [0.25, 0.3) is 5.69 Å². The fraction of sp³-hybridized carbons (Fsp3) is 0.111. The van der Waals surface area contributed by atoms with Gasteiger partial charge in [-0.15, -0.1) is 0 Å². The van der Waals surface area contributed by atoms with Crippen LogP contribution >= 0.6 is 11.6 Å². The summed E-state index contributed by atoms with van der Waals surface area (Å²) >= 11 is 5.91. The Kier molecular flexibility index (Phi) is 5.03. The van der Waals surface area contributed by atoms with E-state index in [4.69, 9.17) is 11.6 Å². The molecule has 0 fully saturated rings. The number of aryl methyl sites for hydroxylation is 1. The number of halogens is 2. The Bertz CT molecular complexity index is 1130. The molecule has 6 nitrogen and oxygen atoms in total. The summed E-state index contributed by atoms with van der Waals surface area (Å²) in [5.74, 6) is -1.21. The zero-order chi connectivity index (χ0) is 19.8. The van der Waals surface area contributed by atoms with Crippen molar-refractivity contribution in [2.45, 2.75) is 18.7 Å². The van der Waals surface area contributed by atoms with Crippen molar-refractivity contribution in [2.75, 3.05) is 0 Å². The second-order valence-corrected chi connectivity index (χ2v) is 7.97. The summed E-state index contributed by atoms with van der Waals surface area (Å²) in [6, 6.07) is 9.70. The molecule has 1 heterocycles. The van der Waals surface area contributed by atoms with Crippen LogP contribution < -0.4 is 4.72 Å². The molecule has 2 aromatic carbocycles. The van der Waals surface area contributed by atoms with E-state index in [-0.39, 0.29) is 10.5 Å². The molecular weight excluding hydrogens is 393 g/mol. The fourth-order valence-electron chi connectivity index (χ4n) is 2.50. The summed E-state index contributed by atoms with van der Waals surface area (Å²) in [6.45, 7) is 3.28. The van der Waals surface area contributed by atoms with E-state index in [0.29, 0.717) is 22.0 Å². The smallest absolute Gasteiger partial charge is 0.268 e. The third kappa shape index (κ3) is 3.86. The number of hydrogen-bond donors (Lipinski definition) is 1. The number of amides is 1. The maximum absolute atomic E-state index is 13.1. The summed E-state index contributed by atoms with van der Waals surface area (Å²) in [6.07, 6.45) is 1.26. The van der Waals surface area contributed by atoms with Crippen molar-refractivity contribution in [1.29, 1.82) is 0 Å². The number of carbonyl (C=O) groups excluding carboxylic acids is 1. The van der Waals surface area contributed by atoms with E-state index in [9.17, 15) is 17.6 Å². The molecule has 0 atom stereocenters. The highest BCUT2D eigenvalue weighted by atomic mass is 35.5. The predicted octanol–water partition coefficient (Wildman–Crippen LogP) is 3.40. The number of nitrogens with one attached hydrogen (secondary N) is 1. The van der Waals surface area contributed by atoms with Crippen molar-refractivity contribution >= 4 is 27.5 Å². The molecule has 140 valence electrons. The number of benzene rings is 2. The lowest BCUT2D eigenvalue weighted by molar-refractivity contribution is 0.0981. The van der Waals surface area contributed by atoms with Gasteiger partial charge in [0, 0.05) is 5.02 Å². The Morgan fingerprint density at radius 2 is 1.81 bits per heavy atom. The molecule has 1 N–H and O–H groups in total. The molecule has 0 aliphatic heterocycles. The van der Waals surface area contributed by atoms with Crippen molar-refractivity contribution < 1.29 is 17.6 Å².